The van der Waals surface area contributed by atoms with E-state index in [4.69, 9.17) is 5.11 Å². The molecule has 2 N–H and O–H groups in total. The number of sulfonamides is 1. The van der Waals surface area contributed by atoms with Crippen LogP contribution in [0.3, 0.4) is 0 Å². The van der Waals surface area contributed by atoms with Gasteiger partial charge in [-0.15, -0.1) is 0 Å². The van der Waals surface area contributed by atoms with Gasteiger partial charge in [0.2, 0.25) is 10.0 Å². The van der Waals surface area contributed by atoms with Crippen molar-refractivity contribution in [3.05, 3.63) is 65.0 Å². The fourth-order valence-electron chi connectivity index (χ4n) is 1.80. The van der Waals surface area contributed by atoms with Gasteiger partial charge in [-0.1, -0.05) is 29.8 Å². The van der Waals surface area contributed by atoms with E-state index in [-0.39, 0.29) is 11.4 Å². The lowest BCUT2D eigenvalue weighted by Crippen LogP contribution is -2.23. The first-order valence-electron chi connectivity index (χ1n) is 6.37. The second-order valence-corrected chi connectivity index (χ2v) is 6.52. The van der Waals surface area contributed by atoms with Crippen LogP contribution in [-0.2, 0) is 16.6 Å². The number of rotatable bonds is 5. The summed E-state index contributed by atoms with van der Waals surface area (Å²) >= 11 is 0. The topological polar surface area (TPSA) is 83.5 Å². The molecule has 116 valence electrons. The van der Waals surface area contributed by atoms with Crippen molar-refractivity contribution in [2.24, 2.45) is 0 Å². The van der Waals surface area contributed by atoms with E-state index in [1.165, 1.54) is 0 Å². The van der Waals surface area contributed by atoms with E-state index in [0.29, 0.717) is 0 Å². The summed E-state index contributed by atoms with van der Waals surface area (Å²) in [6.45, 7) is 1.97. The van der Waals surface area contributed by atoms with Gasteiger partial charge in [-0.2, -0.15) is 0 Å². The summed E-state index contributed by atoms with van der Waals surface area (Å²) in [5.74, 6) is -2.50. The van der Waals surface area contributed by atoms with Crippen LogP contribution in [0, 0.1) is 12.7 Å². The van der Waals surface area contributed by atoms with Crippen LogP contribution in [0.15, 0.2) is 47.4 Å². The third-order valence-electron chi connectivity index (χ3n) is 3.07. The first kappa shape index (κ1) is 16.1. The Bertz CT molecular complexity index is 801. The molecule has 0 aliphatic heterocycles. The van der Waals surface area contributed by atoms with Crippen molar-refractivity contribution >= 4 is 16.0 Å². The van der Waals surface area contributed by atoms with Crippen molar-refractivity contribution in [3.63, 3.8) is 0 Å². The van der Waals surface area contributed by atoms with Crippen LogP contribution < -0.4 is 4.72 Å². The van der Waals surface area contributed by atoms with Gasteiger partial charge in [0.1, 0.15) is 5.82 Å². The molecule has 0 radical (unpaired) electrons. The van der Waals surface area contributed by atoms with Gasteiger partial charge in [-0.25, -0.2) is 22.3 Å². The Morgan fingerprint density at radius 1 is 1.18 bits per heavy atom. The van der Waals surface area contributed by atoms with Crippen LogP contribution >= 0.6 is 0 Å². The minimum Gasteiger partial charge on any atom is -0.478 e. The number of aryl methyl sites for hydroxylation is 1. The second-order valence-electron chi connectivity index (χ2n) is 4.76. The first-order valence-corrected chi connectivity index (χ1v) is 7.86. The van der Waals surface area contributed by atoms with E-state index in [1.807, 2.05) is 19.1 Å². The van der Waals surface area contributed by atoms with E-state index < -0.39 is 27.4 Å². The van der Waals surface area contributed by atoms with Crippen molar-refractivity contribution in [1.29, 1.82) is 0 Å². The molecule has 0 fully saturated rings. The number of hydrogen-bond acceptors (Lipinski definition) is 3. The van der Waals surface area contributed by atoms with E-state index in [9.17, 15) is 17.6 Å². The highest BCUT2D eigenvalue weighted by molar-refractivity contribution is 7.89. The fourth-order valence-corrected chi connectivity index (χ4v) is 2.85. The molecule has 0 spiro atoms. The molecule has 0 aromatic heterocycles. The Balaban J connectivity index is 2.21. The Kier molecular flexibility index (Phi) is 4.58. The Morgan fingerprint density at radius 2 is 1.82 bits per heavy atom. The van der Waals surface area contributed by atoms with Gasteiger partial charge in [0.15, 0.2) is 0 Å². The highest BCUT2D eigenvalue weighted by Crippen LogP contribution is 2.15. The molecule has 0 aliphatic rings. The molecule has 2 rings (SSSR count). The lowest BCUT2D eigenvalue weighted by Gasteiger charge is -2.08. The highest BCUT2D eigenvalue weighted by atomic mass is 32.2. The summed E-state index contributed by atoms with van der Waals surface area (Å²) < 4.78 is 39.9. The van der Waals surface area contributed by atoms with Crippen LogP contribution in [0.25, 0.3) is 0 Å². The predicted octanol–water partition coefficient (Wildman–Crippen LogP) is 2.31. The van der Waals surface area contributed by atoms with Crippen LogP contribution in [0.1, 0.15) is 21.5 Å². The van der Waals surface area contributed by atoms with Crippen molar-refractivity contribution in [2.45, 2.75) is 18.4 Å². The quantitative estimate of drug-likeness (QED) is 0.884. The maximum absolute atomic E-state index is 13.3. The zero-order valence-electron chi connectivity index (χ0n) is 11.7. The Labute approximate surface area is 127 Å². The predicted molar refractivity (Wildman–Crippen MR) is 78.6 cm³/mol. The van der Waals surface area contributed by atoms with Crippen molar-refractivity contribution in [1.82, 2.24) is 4.72 Å². The summed E-state index contributed by atoms with van der Waals surface area (Å²) in [5, 5.41) is 8.83. The molecule has 2 aromatic rings. The van der Waals surface area contributed by atoms with Gasteiger partial charge in [0, 0.05) is 6.54 Å². The van der Waals surface area contributed by atoms with Crippen LogP contribution in [0.2, 0.25) is 0 Å². The van der Waals surface area contributed by atoms with E-state index in [1.54, 1.807) is 12.1 Å². The zero-order chi connectivity index (χ0) is 16.3. The van der Waals surface area contributed by atoms with E-state index >= 15 is 0 Å². The second kappa shape index (κ2) is 6.25. The third kappa shape index (κ3) is 3.69. The molecule has 5 nitrogen and oxygen atoms in total. The van der Waals surface area contributed by atoms with E-state index in [0.717, 1.165) is 29.3 Å². The molecule has 0 aliphatic carbocycles. The monoisotopic (exact) mass is 323 g/mol. The van der Waals surface area contributed by atoms with Gasteiger partial charge in [0.25, 0.3) is 0 Å². The van der Waals surface area contributed by atoms with Gasteiger partial charge >= 0.3 is 5.97 Å². The van der Waals surface area contributed by atoms with Crippen LogP contribution in [0.4, 0.5) is 4.39 Å². The van der Waals surface area contributed by atoms with Gasteiger partial charge in [-0.05, 0) is 30.7 Å². The number of benzene rings is 2. The fraction of sp³-hybridized carbons (Fsp3) is 0.133. The van der Waals surface area contributed by atoms with Gasteiger partial charge in [-0.3, -0.25) is 0 Å². The van der Waals surface area contributed by atoms with Gasteiger partial charge in [0.05, 0.1) is 10.5 Å². The number of nitrogens with one attached hydrogen (secondary N) is 1. The molecular weight excluding hydrogens is 309 g/mol. The number of aromatic carboxylic acids is 1. The average molecular weight is 323 g/mol. The number of carboxylic acid groups (broad SMARTS) is 1. The molecule has 0 saturated carbocycles. The normalized spacial score (nSPS) is 11.4. The average Bonchev–Trinajstić information content (AvgIpc) is 2.46. The SMILES string of the molecule is Cc1ccc(CNS(=O)(=O)c2ccc(F)c(C(=O)O)c2)cc1. The Hall–Kier alpha value is -2.25. The molecule has 0 atom stereocenters. The zero-order valence-corrected chi connectivity index (χ0v) is 12.5. The molecule has 7 heteroatoms. The maximum Gasteiger partial charge on any atom is 0.338 e. The summed E-state index contributed by atoms with van der Waals surface area (Å²) in [5.41, 5.74) is 1.13. The summed E-state index contributed by atoms with van der Waals surface area (Å²) in [6, 6.07) is 9.92. The number of carboxylic acids is 1. The van der Waals surface area contributed by atoms with Crippen molar-refractivity contribution < 1.29 is 22.7 Å². The smallest absolute Gasteiger partial charge is 0.338 e. The summed E-state index contributed by atoms with van der Waals surface area (Å²) in [4.78, 5) is 10.6. The van der Waals surface area contributed by atoms with Crippen molar-refractivity contribution in [2.75, 3.05) is 0 Å². The summed E-state index contributed by atoms with van der Waals surface area (Å²) in [7, 11) is -3.92. The molecule has 0 saturated heterocycles. The van der Waals surface area contributed by atoms with Crippen molar-refractivity contribution in [3.8, 4) is 0 Å². The standard InChI is InChI=1S/C15H14FNO4S/c1-10-2-4-11(5-3-10)9-17-22(20,21)12-6-7-14(16)13(8-12)15(18)19/h2-8,17H,9H2,1H3,(H,18,19). The largest absolute Gasteiger partial charge is 0.478 e. The lowest BCUT2D eigenvalue weighted by atomic mass is 10.2. The van der Waals surface area contributed by atoms with E-state index in [2.05, 4.69) is 4.72 Å². The number of carbonyl (C=O) groups is 1. The number of halogens is 1. The molecule has 0 amide bonds. The minimum absolute atomic E-state index is 0.0579. The first-order chi connectivity index (χ1) is 10.3. The molecule has 22 heavy (non-hydrogen) atoms. The van der Waals surface area contributed by atoms with Gasteiger partial charge < -0.3 is 5.11 Å². The molecule has 0 heterocycles. The van der Waals surface area contributed by atoms with Crippen LogP contribution in [0.5, 0.6) is 0 Å². The minimum atomic E-state index is -3.92. The third-order valence-corrected chi connectivity index (χ3v) is 4.46. The van der Waals surface area contributed by atoms with Crippen LogP contribution in [-0.4, -0.2) is 19.5 Å². The molecule has 0 unspecified atom stereocenters. The molecule has 0 bridgehead atoms. The molecular formula is C15H14FNO4S. The maximum atomic E-state index is 13.3. The Morgan fingerprint density at radius 3 is 2.41 bits per heavy atom. The highest BCUT2D eigenvalue weighted by Gasteiger charge is 2.18. The summed E-state index contributed by atoms with van der Waals surface area (Å²) in [6.07, 6.45) is 0. The lowest BCUT2D eigenvalue weighted by molar-refractivity contribution is 0.0691. The molecule has 2 aromatic carbocycles. The number of hydrogen-bond donors (Lipinski definition) is 2.